The zero-order valence-corrected chi connectivity index (χ0v) is 16.6. The quantitative estimate of drug-likeness (QED) is 0.610. The van der Waals surface area contributed by atoms with E-state index in [2.05, 4.69) is 34.6 Å². The van der Waals surface area contributed by atoms with Gasteiger partial charge in [-0.25, -0.2) is 0 Å². The molecule has 2 rings (SSSR count). The normalized spacial score (nSPS) is 13.5. The molecule has 0 radical (unpaired) electrons. The van der Waals surface area contributed by atoms with Crippen LogP contribution in [-0.2, 0) is 0 Å². The van der Waals surface area contributed by atoms with E-state index in [0.717, 1.165) is 43.2 Å². The van der Waals surface area contributed by atoms with Gasteiger partial charge in [-0.05, 0) is 0 Å². The van der Waals surface area contributed by atoms with Crippen LogP contribution in [0.4, 0.5) is 4.39 Å². The van der Waals surface area contributed by atoms with E-state index in [-0.39, 0.29) is 11.7 Å². The molecule has 1 atom stereocenters. The van der Waals surface area contributed by atoms with Crippen molar-refractivity contribution < 1.29 is 4.39 Å². The van der Waals surface area contributed by atoms with E-state index in [9.17, 15) is 0 Å². The number of hydrogen-bond acceptors (Lipinski definition) is 1. The summed E-state index contributed by atoms with van der Waals surface area (Å²) in [5, 5.41) is 4.32. The molecule has 1 unspecified atom stereocenters. The van der Waals surface area contributed by atoms with Crippen LogP contribution in [0.5, 0.6) is 0 Å². The second-order valence-electron chi connectivity index (χ2n) is 6.36. The van der Waals surface area contributed by atoms with E-state index in [4.69, 9.17) is 4.98 Å². The molecule has 0 fully saturated rings. The minimum absolute atomic E-state index is 0.0126. The topological polar surface area (TPSA) is 12.9 Å². The van der Waals surface area contributed by atoms with Crippen LogP contribution in [0.1, 0.15) is 52.5 Å². The van der Waals surface area contributed by atoms with Crippen molar-refractivity contribution in [3.05, 3.63) is 35.6 Å². The van der Waals surface area contributed by atoms with Gasteiger partial charge in [0.2, 0.25) is 0 Å². The Balaban J connectivity index is 2.84. The first-order valence-corrected chi connectivity index (χ1v) is 14.1. The number of nitrogens with zero attached hydrogens (tertiary/aromatic N) is 1. The van der Waals surface area contributed by atoms with Crippen LogP contribution in [0.25, 0.3) is 10.9 Å². The van der Waals surface area contributed by atoms with Crippen LogP contribution in [0.3, 0.4) is 0 Å². The fourth-order valence-electron chi connectivity index (χ4n) is 3.50. The summed E-state index contributed by atoms with van der Waals surface area (Å²) in [4.78, 5) is 4.85. The molecule has 2 aromatic rings. The summed E-state index contributed by atoms with van der Waals surface area (Å²) in [7, 11) is 0. The fourth-order valence-corrected chi connectivity index (χ4v) is 10.8. The van der Waals surface area contributed by atoms with Crippen LogP contribution in [0.15, 0.2) is 24.3 Å². The Labute approximate surface area is 136 Å². The van der Waals surface area contributed by atoms with Crippen LogP contribution >= 0.6 is 0 Å². The van der Waals surface area contributed by atoms with Crippen molar-refractivity contribution in [3.8, 4) is 0 Å². The average molecular weight is 362 g/mol. The maximum absolute atomic E-state index is 15.5. The molecule has 0 aliphatic rings. The number of fused-ring (bicyclic) bond motifs is 1. The Morgan fingerprint density at radius 1 is 1.05 bits per heavy atom. The Morgan fingerprint density at radius 2 is 1.64 bits per heavy atom. The average Bonchev–Trinajstić information content (AvgIpc) is 2.56. The van der Waals surface area contributed by atoms with E-state index in [1.807, 2.05) is 24.3 Å². The summed E-state index contributed by atoms with van der Waals surface area (Å²) >= 11 is -2.42. The Bertz CT molecular complexity index is 641. The van der Waals surface area contributed by atoms with Gasteiger partial charge in [0.25, 0.3) is 0 Å². The Kier molecular flexibility index (Phi) is 5.65. The van der Waals surface area contributed by atoms with Crippen molar-refractivity contribution in [2.24, 2.45) is 0 Å². The third-order valence-electron chi connectivity index (χ3n) is 5.51. The van der Waals surface area contributed by atoms with Crippen LogP contribution in [-0.4, -0.2) is 18.3 Å². The van der Waals surface area contributed by atoms with Gasteiger partial charge in [-0.2, -0.15) is 0 Å². The molecule has 120 valence electrons. The van der Waals surface area contributed by atoms with Crippen LogP contribution < -0.4 is 4.53 Å². The second-order valence-corrected chi connectivity index (χ2v) is 17.2. The molecule has 0 amide bonds. The summed E-state index contributed by atoms with van der Waals surface area (Å²) in [5.41, 5.74) is 1.87. The van der Waals surface area contributed by atoms with Crippen molar-refractivity contribution in [1.29, 1.82) is 0 Å². The number of pyridine rings is 1. The Hall–Kier alpha value is -0.897. The van der Waals surface area contributed by atoms with Crippen molar-refractivity contribution in [2.75, 3.05) is 0 Å². The van der Waals surface area contributed by atoms with Gasteiger partial charge >= 0.3 is 136 Å². The third kappa shape index (κ3) is 2.82. The van der Waals surface area contributed by atoms with Crippen molar-refractivity contribution in [1.82, 2.24) is 4.98 Å². The van der Waals surface area contributed by atoms with E-state index < -0.39 is 13.3 Å². The molecule has 0 spiro atoms. The van der Waals surface area contributed by atoms with Crippen LogP contribution in [0, 0.1) is 5.82 Å². The molecule has 1 aromatic carbocycles. The van der Waals surface area contributed by atoms with Crippen molar-refractivity contribution in [3.63, 3.8) is 0 Å². The zero-order valence-electron chi connectivity index (χ0n) is 14.5. The van der Waals surface area contributed by atoms with E-state index in [0.29, 0.717) is 0 Å². The molecule has 0 bridgehead atoms. The van der Waals surface area contributed by atoms with Crippen molar-refractivity contribution in [2.45, 2.75) is 62.7 Å². The SMILES string of the molecule is CCC(C)c1c(F)[c]([Ge]([CH2]C)([CH2]C)[CH2]C)nc2ccccc12. The summed E-state index contributed by atoms with van der Waals surface area (Å²) in [6.07, 6.45) is 0.953. The van der Waals surface area contributed by atoms with Gasteiger partial charge < -0.3 is 0 Å². The summed E-state index contributed by atoms with van der Waals surface area (Å²) < 4.78 is 16.3. The molecular formula is C19H28FGeN. The molecule has 0 N–H and O–H groups in total. The number of halogens is 1. The number of rotatable bonds is 6. The molecule has 1 heterocycles. The molecule has 0 saturated heterocycles. The van der Waals surface area contributed by atoms with Gasteiger partial charge in [0.15, 0.2) is 0 Å². The van der Waals surface area contributed by atoms with Gasteiger partial charge in [-0.3, -0.25) is 0 Å². The van der Waals surface area contributed by atoms with Crippen LogP contribution in [0.2, 0.25) is 15.8 Å². The standard InChI is InChI=1S/C19H28FGeN/c1-6-14(5)17-15-12-10-11-13-16(15)22-19(18(17)20)21(7-2,8-3)9-4/h10-14H,6-9H2,1-5H3. The number of benzene rings is 1. The van der Waals surface area contributed by atoms with Gasteiger partial charge in [-0.15, -0.1) is 0 Å². The molecule has 0 aliphatic carbocycles. The predicted octanol–water partition coefficient (Wildman–Crippen LogP) is 5.60. The number of aromatic nitrogens is 1. The van der Waals surface area contributed by atoms with Gasteiger partial charge in [0.1, 0.15) is 0 Å². The monoisotopic (exact) mass is 363 g/mol. The Morgan fingerprint density at radius 3 is 2.18 bits per heavy atom. The minimum atomic E-state index is -2.42. The van der Waals surface area contributed by atoms with E-state index in [1.165, 1.54) is 0 Å². The number of para-hydroxylation sites is 1. The molecule has 22 heavy (non-hydrogen) atoms. The molecular weight excluding hydrogens is 334 g/mol. The summed E-state index contributed by atoms with van der Waals surface area (Å²) in [6, 6.07) is 8.06. The third-order valence-corrected chi connectivity index (χ3v) is 16.8. The molecule has 0 aliphatic heterocycles. The summed E-state index contributed by atoms with van der Waals surface area (Å²) in [5.74, 6) is 0.246. The molecule has 3 heteroatoms. The fraction of sp³-hybridized carbons (Fsp3) is 0.526. The van der Waals surface area contributed by atoms with Crippen molar-refractivity contribution >= 4 is 28.7 Å². The molecule has 1 aromatic heterocycles. The van der Waals surface area contributed by atoms with Gasteiger partial charge in [-0.1, -0.05) is 0 Å². The summed E-state index contributed by atoms with van der Waals surface area (Å²) in [6.45, 7) is 10.9. The predicted molar refractivity (Wildman–Crippen MR) is 97.2 cm³/mol. The van der Waals surface area contributed by atoms with E-state index >= 15 is 4.39 Å². The van der Waals surface area contributed by atoms with Gasteiger partial charge in [0, 0.05) is 0 Å². The second kappa shape index (κ2) is 7.12. The molecule has 0 saturated carbocycles. The first kappa shape index (κ1) is 17.5. The molecule has 1 nitrogen and oxygen atoms in total. The first-order chi connectivity index (χ1) is 10.5. The maximum atomic E-state index is 15.5. The van der Waals surface area contributed by atoms with Gasteiger partial charge in [0.05, 0.1) is 0 Å². The zero-order chi connectivity index (χ0) is 16.3. The van der Waals surface area contributed by atoms with E-state index in [1.54, 1.807) is 0 Å². The number of hydrogen-bond donors (Lipinski definition) is 0. The first-order valence-electron chi connectivity index (χ1n) is 8.63.